The summed E-state index contributed by atoms with van der Waals surface area (Å²) < 4.78 is 0. The molecule has 1 aliphatic rings. The van der Waals surface area contributed by atoms with Gasteiger partial charge in [-0.2, -0.15) is 0 Å². The third kappa shape index (κ3) is 2.95. The number of carbonyl (C=O) groups excluding carboxylic acids is 4. The molecular formula is C11H14N2O6. The lowest BCUT2D eigenvalue weighted by atomic mass is 9.95. The Hall–Kier alpha value is -2.25. The first-order chi connectivity index (χ1) is 8.77. The summed E-state index contributed by atoms with van der Waals surface area (Å²) in [5.41, 5.74) is 0. The van der Waals surface area contributed by atoms with Crippen LogP contribution in [-0.2, 0) is 19.2 Å². The van der Waals surface area contributed by atoms with E-state index in [4.69, 9.17) is 5.11 Å². The van der Waals surface area contributed by atoms with Crippen LogP contribution in [0.1, 0.15) is 19.3 Å². The van der Waals surface area contributed by atoms with E-state index < -0.39 is 35.5 Å². The Labute approximate surface area is 109 Å². The van der Waals surface area contributed by atoms with Crippen molar-refractivity contribution in [3.63, 3.8) is 0 Å². The zero-order chi connectivity index (χ0) is 14.7. The second-order valence-electron chi connectivity index (χ2n) is 4.22. The zero-order valence-corrected chi connectivity index (χ0v) is 10.6. The normalized spacial score (nSPS) is 17.1. The fourth-order valence-electron chi connectivity index (χ4n) is 1.74. The molecule has 19 heavy (non-hydrogen) atoms. The molecule has 1 fully saturated rings. The smallest absolute Gasteiger partial charge is 0.332 e. The average molecular weight is 270 g/mol. The van der Waals surface area contributed by atoms with Gasteiger partial charge in [-0.3, -0.25) is 29.0 Å². The summed E-state index contributed by atoms with van der Waals surface area (Å²) in [5.74, 6) is -5.00. The van der Waals surface area contributed by atoms with Gasteiger partial charge in [-0.25, -0.2) is 4.79 Å². The monoisotopic (exact) mass is 270 g/mol. The number of amides is 4. The van der Waals surface area contributed by atoms with Crippen LogP contribution in [0.3, 0.4) is 0 Å². The Morgan fingerprint density at radius 2 is 1.53 bits per heavy atom. The number of Topliss-reactive ketones (excluding diaryl/α,β-unsaturated/α-hetero) is 1. The number of barbiturate groups is 1. The average Bonchev–Trinajstić information content (AvgIpc) is 2.34. The summed E-state index contributed by atoms with van der Waals surface area (Å²) in [4.78, 5) is 58.5. The molecule has 0 radical (unpaired) electrons. The van der Waals surface area contributed by atoms with Gasteiger partial charge in [-0.15, -0.1) is 0 Å². The van der Waals surface area contributed by atoms with Gasteiger partial charge in [0.1, 0.15) is 0 Å². The maximum atomic E-state index is 11.8. The lowest BCUT2D eigenvalue weighted by Crippen LogP contribution is -2.58. The predicted octanol–water partition coefficient (Wildman–Crippen LogP) is -0.523. The third-order valence-corrected chi connectivity index (χ3v) is 2.86. The van der Waals surface area contributed by atoms with Gasteiger partial charge >= 0.3 is 12.0 Å². The SMILES string of the molecule is CN1C(=O)C(C(=O)CCCC(=O)O)C(=O)N(C)C1=O. The highest BCUT2D eigenvalue weighted by Gasteiger charge is 2.45. The van der Waals surface area contributed by atoms with Gasteiger partial charge in [0.15, 0.2) is 11.7 Å². The molecule has 0 saturated carbocycles. The Morgan fingerprint density at radius 1 is 1.05 bits per heavy atom. The largest absolute Gasteiger partial charge is 0.481 e. The lowest BCUT2D eigenvalue weighted by molar-refractivity contribution is -0.151. The van der Waals surface area contributed by atoms with Crippen molar-refractivity contribution in [1.82, 2.24) is 9.80 Å². The molecule has 0 aliphatic carbocycles. The number of urea groups is 1. The van der Waals surface area contributed by atoms with Crippen molar-refractivity contribution >= 4 is 29.6 Å². The summed E-state index contributed by atoms with van der Waals surface area (Å²) in [6, 6.07) is -0.787. The van der Waals surface area contributed by atoms with E-state index in [1.807, 2.05) is 0 Å². The van der Waals surface area contributed by atoms with Crippen LogP contribution in [0.25, 0.3) is 0 Å². The molecule has 104 valence electrons. The molecule has 1 aliphatic heterocycles. The molecule has 0 atom stereocenters. The summed E-state index contributed by atoms with van der Waals surface area (Å²) in [5, 5.41) is 8.45. The standard InChI is InChI=1S/C11H14N2O6/c1-12-9(17)8(10(18)13(2)11(12)19)6(14)4-3-5-7(15)16/h8H,3-5H2,1-2H3,(H,15,16). The van der Waals surface area contributed by atoms with Gasteiger partial charge in [-0.1, -0.05) is 0 Å². The molecule has 0 aromatic rings. The van der Waals surface area contributed by atoms with Crippen LogP contribution in [0, 0.1) is 5.92 Å². The third-order valence-electron chi connectivity index (χ3n) is 2.86. The van der Waals surface area contributed by atoms with Gasteiger partial charge in [-0.05, 0) is 6.42 Å². The molecule has 0 bridgehead atoms. The van der Waals surface area contributed by atoms with Crippen molar-refractivity contribution < 1.29 is 29.1 Å². The predicted molar refractivity (Wildman–Crippen MR) is 60.9 cm³/mol. The molecule has 1 saturated heterocycles. The molecule has 8 heteroatoms. The minimum absolute atomic E-state index is 0.0482. The van der Waals surface area contributed by atoms with Crippen molar-refractivity contribution in [2.45, 2.75) is 19.3 Å². The van der Waals surface area contributed by atoms with E-state index >= 15 is 0 Å². The molecule has 0 unspecified atom stereocenters. The molecular weight excluding hydrogens is 256 g/mol. The van der Waals surface area contributed by atoms with E-state index in [0.717, 1.165) is 0 Å². The molecule has 0 aromatic heterocycles. The first kappa shape index (κ1) is 14.8. The summed E-state index contributed by atoms with van der Waals surface area (Å²) >= 11 is 0. The fraction of sp³-hybridized carbons (Fsp3) is 0.545. The molecule has 1 N–H and O–H groups in total. The zero-order valence-electron chi connectivity index (χ0n) is 10.6. The van der Waals surface area contributed by atoms with Crippen LogP contribution in [0.5, 0.6) is 0 Å². The number of rotatable bonds is 5. The summed E-state index contributed by atoms with van der Waals surface area (Å²) in [7, 11) is 2.37. The Bertz CT molecular complexity index is 434. The lowest BCUT2D eigenvalue weighted by Gasteiger charge is -2.32. The second-order valence-corrected chi connectivity index (χ2v) is 4.22. The number of aliphatic carboxylic acids is 1. The van der Waals surface area contributed by atoms with Crippen LogP contribution >= 0.6 is 0 Å². The maximum absolute atomic E-state index is 11.8. The number of ketones is 1. The number of nitrogens with zero attached hydrogens (tertiary/aromatic N) is 2. The number of carboxylic acid groups (broad SMARTS) is 1. The van der Waals surface area contributed by atoms with Gasteiger partial charge in [0.2, 0.25) is 0 Å². The maximum Gasteiger partial charge on any atom is 0.332 e. The molecule has 0 spiro atoms. The van der Waals surface area contributed by atoms with E-state index in [2.05, 4.69) is 0 Å². The van der Waals surface area contributed by atoms with E-state index in [-0.39, 0.29) is 19.3 Å². The highest BCUT2D eigenvalue weighted by Crippen LogP contribution is 2.18. The van der Waals surface area contributed by atoms with Gasteiger partial charge in [0.25, 0.3) is 11.8 Å². The highest BCUT2D eigenvalue weighted by atomic mass is 16.4. The van der Waals surface area contributed by atoms with Gasteiger partial charge in [0.05, 0.1) is 0 Å². The first-order valence-electron chi connectivity index (χ1n) is 5.61. The summed E-state index contributed by atoms with van der Waals surface area (Å²) in [6.07, 6.45) is -0.359. The Morgan fingerprint density at radius 3 is 1.95 bits per heavy atom. The molecule has 8 nitrogen and oxygen atoms in total. The van der Waals surface area contributed by atoms with Gasteiger partial charge < -0.3 is 5.11 Å². The minimum atomic E-state index is -1.54. The van der Waals surface area contributed by atoms with Crippen LogP contribution in [0.15, 0.2) is 0 Å². The van der Waals surface area contributed by atoms with Crippen LogP contribution in [0.4, 0.5) is 4.79 Å². The first-order valence-corrected chi connectivity index (χ1v) is 5.61. The van der Waals surface area contributed by atoms with Crippen LogP contribution < -0.4 is 0 Å². The molecule has 0 aromatic carbocycles. The number of carbonyl (C=O) groups is 5. The number of hydrogen-bond donors (Lipinski definition) is 1. The summed E-state index contributed by atoms with van der Waals surface area (Å²) in [6.45, 7) is 0. The highest BCUT2D eigenvalue weighted by molar-refractivity contribution is 6.26. The van der Waals surface area contributed by atoms with Crippen LogP contribution in [-0.4, -0.2) is 58.6 Å². The minimum Gasteiger partial charge on any atom is -0.481 e. The van der Waals surface area contributed by atoms with E-state index in [1.54, 1.807) is 0 Å². The molecule has 1 rings (SSSR count). The number of hydrogen-bond acceptors (Lipinski definition) is 5. The van der Waals surface area contributed by atoms with Crippen LogP contribution in [0.2, 0.25) is 0 Å². The van der Waals surface area contributed by atoms with E-state index in [9.17, 15) is 24.0 Å². The quantitative estimate of drug-likeness (QED) is 0.672. The van der Waals surface area contributed by atoms with Crippen molar-refractivity contribution in [2.24, 2.45) is 5.92 Å². The second kappa shape index (κ2) is 5.59. The molecule has 1 heterocycles. The van der Waals surface area contributed by atoms with Crippen molar-refractivity contribution in [2.75, 3.05) is 14.1 Å². The Kier molecular flexibility index (Phi) is 4.36. The van der Waals surface area contributed by atoms with Crippen molar-refractivity contribution in [3.8, 4) is 0 Å². The fourth-order valence-corrected chi connectivity index (χ4v) is 1.74. The van der Waals surface area contributed by atoms with Crippen molar-refractivity contribution in [1.29, 1.82) is 0 Å². The molecule has 4 amide bonds. The topological polar surface area (TPSA) is 112 Å². The number of imide groups is 2. The Balaban J connectivity index is 2.77. The van der Waals surface area contributed by atoms with Crippen molar-refractivity contribution in [3.05, 3.63) is 0 Å². The van der Waals surface area contributed by atoms with Gasteiger partial charge in [0, 0.05) is 26.9 Å². The van der Waals surface area contributed by atoms with E-state index in [0.29, 0.717) is 9.80 Å². The number of carboxylic acids is 1. The van der Waals surface area contributed by atoms with E-state index in [1.165, 1.54) is 14.1 Å².